The molecule has 2 saturated heterocycles. The Morgan fingerprint density at radius 2 is 2.00 bits per heavy atom. The maximum absolute atomic E-state index is 13.4. The number of ether oxygens (including phenoxy) is 1. The molecule has 0 aliphatic carbocycles. The minimum absolute atomic E-state index is 0.150. The lowest BCUT2D eigenvalue weighted by Gasteiger charge is -2.53. The third-order valence-electron chi connectivity index (χ3n) is 3.20. The Balaban J connectivity index is 1.97. The Labute approximate surface area is 79.1 Å². The van der Waals surface area contributed by atoms with Crippen molar-refractivity contribution in [3.8, 4) is 0 Å². The van der Waals surface area contributed by atoms with Crippen LogP contribution in [0.15, 0.2) is 0 Å². The third-order valence-corrected chi connectivity index (χ3v) is 3.20. The molecule has 2 rings (SSSR count). The van der Waals surface area contributed by atoms with Crippen molar-refractivity contribution < 1.29 is 9.13 Å². The van der Waals surface area contributed by atoms with Gasteiger partial charge in [0.05, 0.1) is 6.61 Å². The van der Waals surface area contributed by atoms with E-state index >= 15 is 0 Å². The average Bonchev–Trinajstić information content (AvgIpc) is 2.24. The topological polar surface area (TPSA) is 12.5 Å². The first-order valence-electron chi connectivity index (χ1n) is 4.97. The summed E-state index contributed by atoms with van der Waals surface area (Å²) in [6, 6.07) is 0. The molecule has 0 amide bonds. The summed E-state index contributed by atoms with van der Waals surface area (Å²) in [6.45, 7) is 8.58. The van der Waals surface area contributed by atoms with Crippen molar-refractivity contribution in [2.75, 3.05) is 19.7 Å². The second-order valence-electron chi connectivity index (χ2n) is 5.20. The largest absolute Gasteiger partial charge is 0.369 e. The molecule has 13 heavy (non-hydrogen) atoms. The van der Waals surface area contributed by atoms with E-state index in [2.05, 4.69) is 25.7 Å². The summed E-state index contributed by atoms with van der Waals surface area (Å²) < 4.78 is 18.9. The van der Waals surface area contributed by atoms with Gasteiger partial charge in [0.2, 0.25) is 0 Å². The molecule has 0 aromatic rings. The summed E-state index contributed by atoms with van der Waals surface area (Å²) in [7, 11) is 0. The van der Waals surface area contributed by atoms with Gasteiger partial charge in [0.1, 0.15) is 11.8 Å². The number of alkyl halides is 1. The van der Waals surface area contributed by atoms with Gasteiger partial charge in [-0.1, -0.05) is 0 Å². The monoisotopic (exact) mass is 187 g/mol. The highest BCUT2D eigenvalue weighted by Crippen LogP contribution is 2.40. The van der Waals surface area contributed by atoms with Crippen LogP contribution in [0.2, 0.25) is 0 Å². The fraction of sp³-hybridized carbons (Fsp3) is 1.00. The molecule has 2 aliphatic heterocycles. The summed E-state index contributed by atoms with van der Waals surface area (Å²) in [5.41, 5.74) is -0.287. The molecular formula is C10H18FNO. The average molecular weight is 187 g/mol. The molecule has 0 bridgehead atoms. The van der Waals surface area contributed by atoms with Crippen molar-refractivity contribution in [1.82, 2.24) is 4.90 Å². The Kier molecular flexibility index (Phi) is 1.93. The zero-order valence-electron chi connectivity index (χ0n) is 8.64. The predicted molar refractivity (Wildman–Crippen MR) is 49.5 cm³/mol. The van der Waals surface area contributed by atoms with E-state index in [1.54, 1.807) is 0 Å². The molecular weight excluding hydrogens is 169 g/mol. The van der Waals surface area contributed by atoms with Gasteiger partial charge < -0.3 is 4.74 Å². The number of rotatable bonds is 0. The summed E-state index contributed by atoms with van der Waals surface area (Å²) in [5.74, 6) is 0. The molecule has 0 aromatic heterocycles. The Morgan fingerprint density at radius 3 is 2.38 bits per heavy atom. The standard InChI is InChI=1S/C10H18FNO/c1-9(2,3)12-6-10(7-12)8(11)4-5-13-10/h8H,4-7H2,1-3H3/t8-/m1/s1. The van der Waals surface area contributed by atoms with Gasteiger partial charge in [0, 0.05) is 25.0 Å². The van der Waals surface area contributed by atoms with Crippen molar-refractivity contribution in [1.29, 1.82) is 0 Å². The van der Waals surface area contributed by atoms with Crippen LogP contribution in [-0.4, -0.2) is 41.9 Å². The van der Waals surface area contributed by atoms with E-state index in [1.165, 1.54) is 0 Å². The van der Waals surface area contributed by atoms with E-state index in [0.29, 0.717) is 13.0 Å². The summed E-state index contributed by atoms with van der Waals surface area (Å²) in [6.07, 6.45) is -0.163. The highest BCUT2D eigenvalue weighted by atomic mass is 19.1. The molecule has 2 heterocycles. The molecule has 2 nitrogen and oxygen atoms in total. The number of halogens is 1. The smallest absolute Gasteiger partial charge is 0.134 e. The van der Waals surface area contributed by atoms with E-state index in [9.17, 15) is 4.39 Å². The normalized spacial score (nSPS) is 33.7. The van der Waals surface area contributed by atoms with Crippen LogP contribution in [0, 0.1) is 0 Å². The van der Waals surface area contributed by atoms with Crippen molar-refractivity contribution in [3.05, 3.63) is 0 Å². The van der Waals surface area contributed by atoms with Crippen molar-refractivity contribution in [2.45, 2.75) is 44.5 Å². The Bertz CT molecular complexity index is 205. The van der Waals surface area contributed by atoms with E-state index in [1.807, 2.05) is 0 Å². The molecule has 0 N–H and O–H groups in total. The van der Waals surface area contributed by atoms with Gasteiger partial charge in [-0.3, -0.25) is 4.90 Å². The zero-order chi connectivity index (χ0) is 9.69. The van der Waals surface area contributed by atoms with Gasteiger partial charge in [-0.25, -0.2) is 4.39 Å². The van der Waals surface area contributed by atoms with Gasteiger partial charge >= 0.3 is 0 Å². The van der Waals surface area contributed by atoms with Crippen molar-refractivity contribution in [2.24, 2.45) is 0 Å². The maximum Gasteiger partial charge on any atom is 0.134 e. The minimum Gasteiger partial charge on any atom is -0.369 e. The number of hydrogen-bond donors (Lipinski definition) is 0. The zero-order valence-corrected chi connectivity index (χ0v) is 8.64. The minimum atomic E-state index is -0.744. The molecule has 0 unspecified atom stereocenters. The van der Waals surface area contributed by atoms with Crippen LogP contribution in [0.3, 0.4) is 0 Å². The first-order chi connectivity index (χ1) is 5.94. The first-order valence-corrected chi connectivity index (χ1v) is 4.97. The Morgan fingerprint density at radius 1 is 1.38 bits per heavy atom. The van der Waals surface area contributed by atoms with Gasteiger partial charge in [-0.15, -0.1) is 0 Å². The van der Waals surface area contributed by atoms with Crippen molar-refractivity contribution in [3.63, 3.8) is 0 Å². The van der Waals surface area contributed by atoms with Gasteiger partial charge in [-0.05, 0) is 20.8 Å². The fourth-order valence-electron chi connectivity index (χ4n) is 2.08. The van der Waals surface area contributed by atoms with Gasteiger partial charge in [-0.2, -0.15) is 0 Å². The molecule has 0 radical (unpaired) electrons. The quantitative estimate of drug-likeness (QED) is 0.571. The molecule has 2 fully saturated rings. The van der Waals surface area contributed by atoms with Crippen LogP contribution in [0.5, 0.6) is 0 Å². The number of nitrogens with zero attached hydrogens (tertiary/aromatic N) is 1. The van der Waals surface area contributed by atoms with Crippen LogP contribution in [0.4, 0.5) is 4.39 Å². The van der Waals surface area contributed by atoms with Crippen LogP contribution >= 0.6 is 0 Å². The van der Waals surface area contributed by atoms with Gasteiger partial charge in [0.15, 0.2) is 0 Å². The maximum atomic E-state index is 13.4. The highest BCUT2D eigenvalue weighted by Gasteiger charge is 2.55. The molecule has 2 aliphatic rings. The predicted octanol–water partition coefficient (Wildman–Crippen LogP) is 1.60. The van der Waals surface area contributed by atoms with Crippen molar-refractivity contribution >= 4 is 0 Å². The van der Waals surface area contributed by atoms with E-state index in [-0.39, 0.29) is 5.54 Å². The highest BCUT2D eigenvalue weighted by molar-refractivity contribution is 5.08. The summed E-state index contributed by atoms with van der Waals surface area (Å²) in [5, 5.41) is 0. The summed E-state index contributed by atoms with van der Waals surface area (Å²) >= 11 is 0. The van der Waals surface area contributed by atoms with Crippen LogP contribution < -0.4 is 0 Å². The second kappa shape index (κ2) is 2.67. The molecule has 0 aromatic carbocycles. The number of hydrogen-bond acceptors (Lipinski definition) is 2. The summed E-state index contributed by atoms with van der Waals surface area (Å²) in [4.78, 5) is 2.27. The number of likely N-dealkylation sites (tertiary alicyclic amines) is 1. The van der Waals surface area contributed by atoms with E-state index in [0.717, 1.165) is 13.1 Å². The van der Waals surface area contributed by atoms with Crippen LogP contribution in [0.25, 0.3) is 0 Å². The SMILES string of the molecule is CC(C)(C)N1CC2(C1)OCC[C@H]2F. The van der Waals surface area contributed by atoms with Crippen LogP contribution in [0.1, 0.15) is 27.2 Å². The van der Waals surface area contributed by atoms with E-state index < -0.39 is 11.8 Å². The Hall–Kier alpha value is -0.150. The molecule has 0 saturated carbocycles. The molecule has 76 valence electrons. The molecule has 3 heteroatoms. The third kappa shape index (κ3) is 1.38. The first kappa shape index (κ1) is 9.41. The lowest BCUT2D eigenvalue weighted by molar-refractivity contribution is -0.162. The fourth-order valence-corrected chi connectivity index (χ4v) is 2.08. The lowest BCUT2D eigenvalue weighted by Crippen LogP contribution is -2.69. The lowest BCUT2D eigenvalue weighted by atomic mass is 9.85. The van der Waals surface area contributed by atoms with Gasteiger partial charge in [0.25, 0.3) is 0 Å². The van der Waals surface area contributed by atoms with E-state index in [4.69, 9.17) is 4.74 Å². The molecule has 1 spiro atoms. The molecule has 1 atom stereocenters. The second-order valence-corrected chi connectivity index (χ2v) is 5.20. The van der Waals surface area contributed by atoms with Crippen LogP contribution in [-0.2, 0) is 4.74 Å².